The van der Waals surface area contributed by atoms with Crippen molar-refractivity contribution < 1.29 is 4.79 Å². The van der Waals surface area contributed by atoms with Crippen LogP contribution in [0.5, 0.6) is 0 Å². The van der Waals surface area contributed by atoms with Gasteiger partial charge in [-0.25, -0.2) is 0 Å². The van der Waals surface area contributed by atoms with E-state index in [-0.39, 0.29) is 11.8 Å². The van der Waals surface area contributed by atoms with E-state index in [1.807, 2.05) is 38.1 Å². The van der Waals surface area contributed by atoms with Gasteiger partial charge >= 0.3 is 0 Å². The highest BCUT2D eigenvalue weighted by atomic mass is 79.9. The smallest absolute Gasteiger partial charge is 0.239 e. The largest absolute Gasteiger partial charge is 0.340 e. The van der Waals surface area contributed by atoms with E-state index in [9.17, 15) is 4.79 Å². The minimum Gasteiger partial charge on any atom is -0.340 e. The minimum atomic E-state index is -0.424. The van der Waals surface area contributed by atoms with Crippen molar-refractivity contribution in [2.45, 2.75) is 26.4 Å². The van der Waals surface area contributed by atoms with Gasteiger partial charge < -0.3 is 10.6 Å². The predicted octanol–water partition coefficient (Wildman–Crippen LogP) is 2.39. The Morgan fingerprint density at radius 1 is 1.47 bits per heavy atom. The Labute approximate surface area is 111 Å². The molecule has 1 amide bonds. The standard InChI is InChI=1S/C13H19BrN2O/c1-9(2)12(15)13(17)16(3)8-10-5-4-6-11(14)7-10/h4-7,9,12H,8,15H2,1-3H3/t12-/m0/s1. The van der Waals surface area contributed by atoms with Crippen molar-refractivity contribution in [2.75, 3.05) is 7.05 Å². The average molecular weight is 299 g/mol. The van der Waals surface area contributed by atoms with Crippen LogP contribution in [0.25, 0.3) is 0 Å². The molecule has 0 heterocycles. The highest BCUT2D eigenvalue weighted by Gasteiger charge is 2.20. The number of carbonyl (C=O) groups is 1. The monoisotopic (exact) mass is 298 g/mol. The van der Waals surface area contributed by atoms with E-state index >= 15 is 0 Å². The Hall–Kier alpha value is -0.870. The molecule has 0 unspecified atom stereocenters. The van der Waals surface area contributed by atoms with E-state index in [1.54, 1.807) is 11.9 Å². The number of hydrogen-bond acceptors (Lipinski definition) is 2. The highest BCUT2D eigenvalue weighted by Crippen LogP contribution is 2.13. The van der Waals surface area contributed by atoms with Gasteiger partial charge in [-0.3, -0.25) is 4.79 Å². The molecule has 1 rings (SSSR count). The van der Waals surface area contributed by atoms with Crippen LogP contribution in [0.3, 0.4) is 0 Å². The van der Waals surface area contributed by atoms with Crippen molar-refractivity contribution >= 4 is 21.8 Å². The molecule has 1 aromatic rings. The van der Waals surface area contributed by atoms with E-state index in [0.717, 1.165) is 10.0 Å². The van der Waals surface area contributed by atoms with Crippen LogP contribution in [0.4, 0.5) is 0 Å². The molecule has 0 radical (unpaired) electrons. The van der Waals surface area contributed by atoms with Gasteiger partial charge in [0.1, 0.15) is 0 Å². The lowest BCUT2D eigenvalue weighted by Gasteiger charge is -2.23. The van der Waals surface area contributed by atoms with Gasteiger partial charge in [-0.1, -0.05) is 41.9 Å². The molecular formula is C13H19BrN2O. The molecule has 0 spiro atoms. The first-order valence-electron chi connectivity index (χ1n) is 5.67. The highest BCUT2D eigenvalue weighted by molar-refractivity contribution is 9.10. The lowest BCUT2D eigenvalue weighted by molar-refractivity contribution is -0.132. The predicted molar refractivity (Wildman–Crippen MR) is 73.4 cm³/mol. The summed E-state index contributed by atoms with van der Waals surface area (Å²) >= 11 is 3.41. The van der Waals surface area contributed by atoms with Crippen LogP contribution < -0.4 is 5.73 Å². The maximum absolute atomic E-state index is 12.0. The molecule has 3 nitrogen and oxygen atoms in total. The fourth-order valence-electron chi connectivity index (χ4n) is 1.53. The molecular weight excluding hydrogens is 280 g/mol. The summed E-state index contributed by atoms with van der Waals surface area (Å²) in [6.45, 7) is 4.49. The molecule has 0 bridgehead atoms. The van der Waals surface area contributed by atoms with Crippen molar-refractivity contribution in [3.8, 4) is 0 Å². The number of nitrogens with two attached hydrogens (primary N) is 1. The Kier molecular flexibility index (Phi) is 5.15. The molecule has 0 saturated heterocycles. The summed E-state index contributed by atoms with van der Waals surface area (Å²) in [5, 5.41) is 0. The van der Waals surface area contributed by atoms with Crippen molar-refractivity contribution in [1.82, 2.24) is 4.90 Å². The van der Waals surface area contributed by atoms with Gasteiger partial charge in [0.05, 0.1) is 6.04 Å². The third kappa shape index (κ3) is 4.13. The third-order valence-electron chi connectivity index (χ3n) is 2.69. The maximum Gasteiger partial charge on any atom is 0.239 e. The second-order valence-corrected chi connectivity index (χ2v) is 5.51. The van der Waals surface area contributed by atoms with Crippen molar-refractivity contribution in [3.05, 3.63) is 34.3 Å². The second-order valence-electron chi connectivity index (χ2n) is 4.59. The van der Waals surface area contributed by atoms with Gasteiger partial charge in [-0.2, -0.15) is 0 Å². The first-order valence-corrected chi connectivity index (χ1v) is 6.46. The van der Waals surface area contributed by atoms with Crippen molar-refractivity contribution in [1.29, 1.82) is 0 Å². The number of carbonyl (C=O) groups excluding carboxylic acids is 1. The molecule has 1 atom stereocenters. The summed E-state index contributed by atoms with van der Waals surface area (Å²) in [4.78, 5) is 13.6. The van der Waals surface area contributed by atoms with Crippen molar-refractivity contribution in [3.63, 3.8) is 0 Å². The van der Waals surface area contributed by atoms with E-state index in [1.165, 1.54) is 0 Å². The van der Waals surface area contributed by atoms with Crippen LogP contribution in [-0.4, -0.2) is 23.9 Å². The molecule has 0 fully saturated rings. The molecule has 94 valence electrons. The molecule has 1 aromatic carbocycles. The number of amides is 1. The number of hydrogen-bond donors (Lipinski definition) is 1. The minimum absolute atomic E-state index is 0.0139. The molecule has 0 aliphatic heterocycles. The summed E-state index contributed by atoms with van der Waals surface area (Å²) in [6, 6.07) is 7.50. The summed E-state index contributed by atoms with van der Waals surface area (Å²) in [6.07, 6.45) is 0. The molecule has 0 aromatic heterocycles. The normalized spacial score (nSPS) is 12.6. The summed E-state index contributed by atoms with van der Waals surface area (Å²) in [7, 11) is 1.78. The Morgan fingerprint density at radius 3 is 2.65 bits per heavy atom. The first kappa shape index (κ1) is 14.2. The molecule has 0 aliphatic rings. The van der Waals surface area contributed by atoms with Crippen LogP contribution in [-0.2, 0) is 11.3 Å². The van der Waals surface area contributed by atoms with E-state index in [0.29, 0.717) is 6.54 Å². The fraction of sp³-hybridized carbons (Fsp3) is 0.462. The van der Waals surface area contributed by atoms with E-state index in [4.69, 9.17) is 5.73 Å². The van der Waals surface area contributed by atoms with Crippen LogP contribution in [0, 0.1) is 5.92 Å². The van der Waals surface area contributed by atoms with Gasteiger partial charge in [0.15, 0.2) is 0 Å². The van der Waals surface area contributed by atoms with E-state index in [2.05, 4.69) is 15.9 Å². The maximum atomic E-state index is 12.0. The number of benzene rings is 1. The second kappa shape index (κ2) is 6.17. The number of likely N-dealkylation sites (N-methyl/N-ethyl adjacent to an activating group) is 1. The first-order chi connectivity index (χ1) is 7.91. The van der Waals surface area contributed by atoms with Gasteiger partial charge in [-0.15, -0.1) is 0 Å². The average Bonchev–Trinajstić information content (AvgIpc) is 2.26. The quantitative estimate of drug-likeness (QED) is 0.928. The number of rotatable bonds is 4. The summed E-state index contributed by atoms with van der Waals surface area (Å²) in [5.41, 5.74) is 6.93. The van der Waals surface area contributed by atoms with Crippen molar-refractivity contribution in [2.24, 2.45) is 11.7 Å². The molecule has 0 saturated carbocycles. The van der Waals surface area contributed by atoms with E-state index < -0.39 is 6.04 Å². The zero-order chi connectivity index (χ0) is 13.0. The van der Waals surface area contributed by atoms with Crippen LogP contribution in [0.15, 0.2) is 28.7 Å². The van der Waals surface area contributed by atoms with Crippen LogP contribution in [0.1, 0.15) is 19.4 Å². The Bertz CT molecular complexity index is 393. The lowest BCUT2D eigenvalue weighted by Crippen LogP contribution is -2.44. The number of halogens is 1. The number of nitrogens with zero attached hydrogens (tertiary/aromatic N) is 1. The van der Waals surface area contributed by atoms with Crippen LogP contribution in [0.2, 0.25) is 0 Å². The van der Waals surface area contributed by atoms with Gasteiger partial charge in [0.25, 0.3) is 0 Å². The Morgan fingerprint density at radius 2 is 2.12 bits per heavy atom. The molecule has 0 aliphatic carbocycles. The SMILES string of the molecule is CC(C)[C@H](N)C(=O)N(C)Cc1cccc(Br)c1. The topological polar surface area (TPSA) is 46.3 Å². The molecule has 17 heavy (non-hydrogen) atoms. The zero-order valence-electron chi connectivity index (χ0n) is 10.5. The summed E-state index contributed by atoms with van der Waals surface area (Å²) < 4.78 is 1.02. The third-order valence-corrected chi connectivity index (χ3v) is 3.18. The Balaban J connectivity index is 2.66. The van der Waals surface area contributed by atoms with Crippen LogP contribution >= 0.6 is 15.9 Å². The zero-order valence-corrected chi connectivity index (χ0v) is 12.1. The van der Waals surface area contributed by atoms with Gasteiger partial charge in [0, 0.05) is 18.1 Å². The molecule has 2 N–H and O–H groups in total. The van der Waals surface area contributed by atoms with Gasteiger partial charge in [0.2, 0.25) is 5.91 Å². The molecule has 4 heteroatoms. The lowest BCUT2D eigenvalue weighted by atomic mass is 10.0. The fourth-order valence-corrected chi connectivity index (χ4v) is 1.97. The van der Waals surface area contributed by atoms with Gasteiger partial charge in [-0.05, 0) is 23.6 Å². The summed E-state index contributed by atoms with van der Waals surface area (Å²) in [5.74, 6) is 0.146.